The van der Waals surface area contributed by atoms with Gasteiger partial charge in [-0.2, -0.15) is 0 Å². The Hall–Kier alpha value is -1.33. The van der Waals surface area contributed by atoms with Crippen LogP contribution in [0.15, 0.2) is 12.3 Å². The van der Waals surface area contributed by atoms with E-state index in [-0.39, 0.29) is 24.7 Å². The van der Waals surface area contributed by atoms with Gasteiger partial charge in [-0.15, -0.1) is 0 Å². The predicted molar refractivity (Wildman–Crippen MR) is 82.8 cm³/mol. The summed E-state index contributed by atoms with van der Waals surface area (Å²) in [4.78, 5) is 16.2. The highest BCUT2D eigenvalue weighted by molar-refractivity contribution is 6.32. The van der Waals surface area contributed by atoms with E-state index in [4.69, 9.17) is 16.3 Å². The minimum atomic E-state index is -0.305. The number of carbonyl (C=O) groups excluding carboxylic acids is 1. The summed E-state index contributed by atoms with van der Waals surface area (Å²) < 4.78 is 5.42. The van der Waals surface area contributed by atoms with E-state index in [9.17, 15) is 9.90 Å². The lowest BCUT2D eigenvalue weighted by Crippen LogP contribution is -2.38. The topological polar surface area (TPSA) is 71.5 Å². The van der Waals surface area contributed by atoms with Crippen molar-refractivity contribution in [3.63, 3.8) is 0 Å². The second-order valence-corrected chi connectivity index (χ2v) is 6.07. The van der Waals surface area contributed by atoms with Gasteiger partial charge in [0.15, 0.2) is 0 Å². The maximum absolute atomic E-state index is 12.1. The zero-order valence-corrected chi connectivity index (χ0v) is 13.6. The van der Waals surface area contributed by atoms with Crippen LogP contribution >= 0.6 is 11.6 Å². The Balaban J connectivity index is 2.76. The van der Waals surface area contributed by atoms with Crippen molar-refractivity contribution in [2.45, 2.75) is 46.3 Å². The molecule has 1 amide bonds. The molecule has 1 rings (SSSR count). The third kappa shape index (κ3) is 5.89. The Labute approximate surface area is 130 Å². The number of hydrogen-bond donors (Lipinski definition) is 2. The summed E-state index contributed by atoms with van der Waals surface area (Å²) in [6, 6.07) is 1.24. The number of aromatic nitrogens is 1. The average molecular weight is 315 g/mol. The van der Waals surface area contributed by atoms with Crippen molar-refractivity contribution in [3.05, 3.63) is 22.8 Å². The van der Waals surface area contributed by atoms with Crippen LogP contribution < -0.4 is 10.1 Å². The molecule has 1 aromatic rings. The van der Waals surface area contributed by atoms with Crippen LogP contribution in [0.1, 0.15) is 44.5 Å². The summed E-state index contributed by atoms with van der Waals surface area (Å²) in [6.45, 7) is 7.71. The molecule has 6 heteroatoms. The molecule has 0 aliphatic rings. The van der Waals surface area contributed by atoms with Crippen molar-refractivity contribution >= 4 is 17.5 Å². The molecule has 1 unspecified atom stereocenters. The zero-order valence-electron chi connectivity index (χ0n) is 12.9. The molecule has 2 N–H and O–H groups in total. The Morgan fingerprint density at radius 3 is 2.57 bits per heavy atom. The quantitative estimate of drug-likeness (QED) is 0.811. The van der Waals surface area contributed by atoms with Gasteiger partial charge < -0.3 is 15.2 Å². The first-order valence-corrected chi connectivity index (χ1v) is 7.45. The van der Waals surface area contributed by atoms with Crippen LogP contribution in [0.3, 0.4) is 0 Å². The van der Waals surface area contributed by atoms with E-state index in [0.29, 0.717) is 28.8 Å². The van der Waals surface area contributed by atoms with Gasteiger partial charge in [-0.3, -0.25) is 4.79 Å². The fraction of sp³-hybridized carbons (Fsp3) is 0.600. The van der Waals surface area contributed by atoms with Crippen LogP contribution in [0.5, 0.6) is 5.88 Å². The van der Waals surface area contributed by atoms with E-state index in [2.05, 4.69) is 10.3 Å². The second-order valence-electron chi connectivity index (χ2n) is 5.66. The number of halogens is 1. The highest BCUT2D eigenvalue weighted by atomic mass is 35.5. The molecular weight excluding hydrogens is 292 g/mol. The van der Waals surface area contributed by atoms with E-state index in [1.54, 1.807) is 0 Å². The van der Waals surface area contributed by atoms with Crippen LogP contribution in [0.2, 0.25) is 5.02 Å². The fourth-order valence-corrected chi connectivity index (χ4v) is 2.09. The number of amides is 1. The SMILES string of the molecule is CC(C)CC(CO)NC(=O)c1cnc(OC(C)C)c(Cl)c1. The van der Waals surface area contributed by atoms with E-state index >= 15 is 0 Å². The predicted octanol–water partition coefficient (Wildman–Crippen LogP) is 2.66. The molecule has 1 heterocycles. The number of nitrogens with zero attached hydrogens (tertiary/aromatic N) is 1. The summed E-state index contributed by atoms with van der Waals surface area (Å²) >= 11 is 6.06. The highest BCUT2D eigenvalue weighted by Gasteiger charge is 2.16. The molecule has 5 nitrogen and oxygen atoms in total. The Morgan fingerprint density at radius 1 is 1.43 bits per heavy atom. The van der Waals surface area contributed by atoms with Crippen LogP contribution in [-0.2, 0) is 0 Å². The molecule has 0 aliphatic carbocycles. The zero-order chi connectivity index (χ0) is 16.0. The van der Waals surface area contributed by atoms with Crippen LogP contribution in [0.25, 0.3) is 0 Å². The summed E-state index contributed by atoms with van der Waals surface area (Å²) in [6.07, 6.45) is 2.08. The summed E-state index contributed by atoms with van der Waals surface area (Å²) in [7, 11) is 0. The molecule has 21 heavy (non-hydrogen) atoms. The van der Waals surface area contributed by atoms with Gasteiger partial charge in [-0.25, -0.2) is 4.98 Å². The van der Waals surface area contributed by atoms with Crippen LogP contribution in [0, 0.1) is 5.92 Å². The number of aliphatic hydroxyl groups is 1. The molecule has 0 radical (unpaired) electrons. The van der Waals surface area contributed by atoms with Gasteiger partial charge in [0.25, 0.3) is 5.91 Å². The van der Waals surface area contributed by atoms with Gasteiger partial charge in [0, 0.05) is 6.20 Å². The molecule has 1 atom stereocenters. The number of nitrogens with one attached hydrogen (secondary N) is 1. The number of carbonyl (C=O) groups is 1. The Bertz CT molecular complexity index is 478. The molecule has 0 spiro atoms. The van der Waals surface area contributed by atoms with Crippen molar-refractivity contribution in [3.8, 4) is 5.88 Å². The van der Waals surface area contributed by atoms with Crippen molar-refractivity contribution in [2.75, 3.05) is 6.61 Å². The monoisotopic (exact) mass is 314 g/mol. The van der Waals surface area contributed by atoms with Crippen molar-refractivity contribution in [1.29, 1.82) is 0 Å². The second kappa shape index (κ2) is 8.20. The first-order chi connectivity index (χ1) is 9.83. The van der Waals surface area contributed by atoms with Gasteiger partial charge in [-0.05, 0) is 32.3 Å². The smallest absolute Gasteiger partial charge is 0.253 e. The van der Waals surface area contributed by atoms with Crippen LogP contribution in [-0.4, -0.2) is 34.8 Å². The molecule has 0 aromatic carbocycles. The maximum Gasteiger partial charge on any atom is 0.253 e. The van der Waals surface area contributed by atoms with E-state index in [1.807, 2.05) is 27.7 Å². The first kappa shape index (κ1) is 17.7. The Kier molecular flexibility index (Phi) is 6.92. The normalized spacial score (nSPS) is 12.6. The van der Waals surface area contributed by atoms with E-state index in [1.165, 1.54) is 12.3 Å². The largest absolute Gasteiger partial charge is 0.474 e. The lowest BCUT2D eigenvalue weighted by atomic mass is 10.0. The third-order valence-electron chi connectivity index (χ3n) is 2.73. The minimum Gasteiger partial charge on any atom is -0.474 e. The summed E-state index contributed by atoms with van der Waals surface area (Å²) in [5.74, 6) is 0.385. The molecular formula is C15H23ClN2O3. The molecule has 0 saturated heterocycles. The highest BCUT2D eigenvalue weighted by Crippen LogP contribution is 2.23. The summed E-state index contributed by atoms with van der Waals surface area (Å²) in [5, 5.41) is 12.4. The number of aliphatic hydroxyl groups excluding tert-OH is 1. The number of hydrogen-bond acceptors (Lipinski definition) is 4. The standard InChI is InChI=1S/C15H23ClN2O3/c1-9(2)5-12(8-19)18-14(20)11-6-13(16)15(17-7-11)21-10(3)4/h6-7,9-10,12,19H,5,8H2,1-4H3,(H,18,20). The number of ether oxygens (including phenoxy) is 1. The lowest BCUT2D eigenvalue weighted by Gasteiger charge is -2.18. The van der Waals surface area contributed by atoms with E-state index < -0.39 is 0 Å². The van der Waals surface area contributed by atoms with Crippen molar-refractivity contribution in [2.24, 2.45) is 5.92 Å². The van der Waals surface area contributed by atoms with Gasteiger partial charge in [-0.1, -0.05) is 25.4 Å². The van der Waals surface area contributed by atoms with Crippen molar-refractivity contribution < 1.29 is 14.6 Å². The fourth-order valence-electron chi connectivity index (χ4n) is 1.88. The molecule has 118 valence electrons. The van der Waals surface area contributed by atoms with Crippen molar-refractivity contribution in [1.82, 2.24) is 10.3 Å². The van der Waals surface area contributed by atoms with Gasteiger partial charge in [0.1, 0.15) is 5.02 Å². The molecule has 1 aromatic heterocycles. The first-order valence-electron chi connectivity index (χ1n) is 7.07. The maximum atomic E-state index is 12.1. The molecule has 0 bridgehead atoms. The summed E-state index contributed by atoms with van der Waals surface area (Å²) in [5.41, 5.74) is 0.346. The number of pyridine rings is 1. The average Bonchev–Trinajstić information content (AvgIpc) is 2.39. The molecule has 0 saturated carbocycles. The Morgan fingerprint density at radius 2 is 2.10 bits per heavy atom. The molecule has 0 fully saturated rings. The molecule has 0 aliphatic heterocycles. The van der Waals surface area contributed by atoms with Gasteiger partial charge in [0.2, 0.25) is 5.88 Å². The third-order valence-corrected chi connectivity index (χ3v) is 3.00. The minimum absolute atomic E-state index is 0.0421. The number of rotatable bonds is 7. The van der Waals surface area contributed by atoms with E-state index in [0.717, 1.165) is 0 Å². The van der Waals surface area contributed by atoms with Gasteiger partial charge >= 0.3 is 0 Å². The van der Waals surface area contributed by atoms with Gasteiger partial charge in [0.05, 0.1) is 24.3 Å². The lowest BCUT2D eigenvalue weighted by molar-refractivity contribution is 0.0908. The van der Waals surface area contributed by atoms with Crippen LogP contribution in [0.4, 0.5) is 0 Å².